The van der Waals surface area contributed by atoms with E-state index in [0.717, 1.165) is 0 Å². The molecule has 3 atom stereocenters. The van der Waals surface area contributed by atoms with Crippen LogP contribution >= 0.6 is 0 Å². The van der Waals surface area contributed by atoms with Gasteiger partial charge in [0.05, 0.1) is 68.2 Å². The van der Waals surface area contributed by atoms with E-state index in [1.54, 1.807) is 145 Å². The van der Waals surface area contributed by atoms with Gasteiger partial charge < -0.3 is 80.9 Å². The molecule has 3 aliphatic rings. The average Bonchev–Trinajstić information content (AvgIpc) is 1.69. The first-order valence-electron chi connectivity index (χ1n) is 42.1. The fourth-order valence-electron chi connectivity index (χ4n) is 6.51. The van der Waals surface area contributed by atoms with Crippen LogP contribution in [-0.4, -0.2) is 241 Å². The molecule has 136 heavy (non-hydrogen) atoms. The van der Waals surface area contributed by atoms with Crippen LogP contribution < -0.4 is 0 Å². The molecule has 0 aromatic carbocycles. The van der Waals surface area contributed by atoms with Crippen LogP contribution in [0.3, 0.4) is 0 Å². The monoisotopic (exact) mass is 2010 g/mol. The number of cyclic esters (lactones) is 4. The van der Waals surface area contributed by atoms with E-state index in [-0.39, 0.29) is 43.5 Å². The molecule has 0 bridgehead atoms. The van der Waals surface area contributed by atoms with Gasteiger partial charge in [-0.05, 0) is 182 Å². The summed E-state index contributed by atoms with van der Waals surface area (Å²) in [6.07, 6.45) is -19.4. The van der Waals surface area contributed by atoms with E-state index in [1.165, 1.54) is 0 Å². The molecule has 0 aliphatic carbocycles. The first-order valence-corrected chi connectivity index (χ1v) is 42.1. The van der Waals surface area contributed by atoms with Crippen molar-refractivity contribution in [2.45, 2.75) is 313 Å². The Morgan fingerprint density at radius 3 is 0.654 bits per heavy atom. The summed E-state index contributed by atoms with van der Waals surface area (Å²) >= 11 is 0. The fourth-order valence-corrected chi connectivity index (χ4v) is 6.51. The van der Waals surface area contributed by atoms with Gasteiger partial charge in [-0.15, -0.1) is 0 Å². The summed E-state index contributed by atoms with van der Waals surface area (Å²) in [6.45, 7) is 34.6. The number of carboxylic acids is 1. The Kier molecular flexibility index (Phi) is 61.2. The molecule has 0 saturated carbocycles. The topological polar surface area (TPSA) is 475 Å². The molecule has 0 spiro atoms. The van der Waals surface area contributed by atoms with E-state index in [0.29, 0.717) is 70.8 Å². The predicted octanol–water partition coefficient (Wildman–Crippen LogP) is 15.2. The van der Waals surface area contributed by atoms with Gasteiger partial charge in [-0.1, -0.05) is 62.3 Å². The highest BCUT2D eigenvalue weighted by atomic mass is 19.4. The molecule has 3 aliphatic heterocycles. The van der Waals surface area contributed by atoms with Gasteiger partial charge in [0.25, 0.3) is 0 Å². The van der Waals surface area contributed by atoms with Crippen LogP contribution in [-0.2, 0) is 162 Å². The van der Waals surface area contributed by atoms with Crippen LogP contribution in [0.15, 0.2) is 0 Å². The van der Waals surface area contributed by atoms with E-state index in [4.69, 9.17) is 28.8 Å². The summed E-state index contributed by atoms with van der Waals surface area (Å²) in [5, 5.41) is 8.44. The highest BCUT2D eigenvalue weighted by Gasteiger charge is 2.43. The van der Waals surface area contributed by atoms with E-state index in [2.05, 4.69) is 52.1 Å². The molecule has 3 heterocycles. The van der Waals surface area contributed by atoms with E-state index in [9.17, 15) is 152 Å². The lowest BCUT2D eigenvalue weighted by atomic mass is 9.90. The van der Waals surface area contributed by atoms with E-state index >= 15 is 0 Å². The van der Waals surface area contributed by atoms with Crippen LogP contribution in [0.5, 0.6) is 0 Å². The predicted molar refractivity (Wildman–Crippen MR) is 441 cm³/mol. The van der Waals surface area contributed by atoms with Gasteiger partial charge in [-0.25, -0.2) is 33.6 Å². The Bertz CT molecular complexity index is 3490. The normalized spacial score (nSPS) is 15.1. The van der Waals surface area contributed by atoms with Crippen molar-refractivity contribution in [1.82, 2.24) is 0 Å². The maximum absolute atomic E-state index is 11.7. The zero-order valence-corrected chi connectivity index (χ0v) is 81.7. The second-order valence-corrected chi connectivity index (χ2v) is 35.4. The number of rotatable bonds is 36. The van der Waals surface area contributed by atoms with Gasteiger partial charge in [-0.3, -0.25) is 52.7 Å². The van der Waals surface area contributed by atoms with Crippen molar-refractivity contribution in [2.24, 2.45) is 48.7 Å². The highest BCUT2D eigenvalue weighted by Crippen LogP contribution is 2.31. The molecule has 35 nitrogen and oxygen atoms in total. The number of alkyl halides is 15. The van der Waals surface area contributed by atoms with Gasteiger partial charge >= 0.3 is 138 Å². The zero-order valence-electron chi connectivity index (χ0n) is 81.7. The molecule has 0 amide bonds. The number of carboxylic acid groups (broad SMARTS) is 1. The molecule has 3 rings (SSSR count). The third-order valence-corrected chi connectivity index (χ3v) is 19.9. The highest BCUT2D eigenvalue weighted by molar-refractivity contribution is 5.97. The maximum atomic E-state index is 11.7. The van der Waals surface area contributed by atoms with Crippen molar-refractivity contribution >= 4 is 107 Å². The minimum atomic E-state index is -4.58. The largest absolute Gasteiger partial charge is 0.481 e. The molecule has 3 unspecified atom stereocenters. The molecule has 3 saturated heterocycles. The molecular formula is C86H133F15O35. The van der Waals surface area contributed by atoms with Gasteiger partial charge in [0.1, 0.15) is 12.7 Å². The van der Waals surface area contributed by atoms with Crippen LogP contribution in [0.4, 0.5) is 65.9 Å². The van der Waals surface area contributed by atoms with Crippen LogP contribution in [0.2, 0.25) is 0 Å². The Hall–Kier alpha value is -10.4. The number of esters is 17. The summed E-state index contributed by atoms with van der Waals surface area (Å²) in [4.78, 5) is 199. The van der Waals surface area contributed by atoms with Gasteiger partial charge in [0.2, 0.25) is 12.2 Å². The van der Waals surface area contributed by atoms with E-state index < -0.39 is 247 Å². The smallest absolute Gasteiger partial charge is 0.422 e. The molecule has 0 aromatic heterocycles. The lowest BCUT2D eigenvalue weighted by molar-refractivity contribution is -0.190. The van der Waals surface area contributed by atoms with Crippen molar-refractivity contribution in [3.8, 4) is 0 Å². The first-order chi connectivity index (χ1) is 61.2. The Morgan fingerprint density at radius 2 is 0.493 bits per heavy atom. The minimum Gasteiger partial charge on any atom is -0.481 e. The second kappa shape index (κ2) is 61.0. The van der Waals surface area contributed by atoms with Crippen LogP contribution in [0, 0.1) is 48.7 Å². The Labute approximate surface area is 779 Å². The van der Waals surface area contributed by atoms with Crippen molar-refractivity contribution in [2.75, 3.05) is 79.3 Å². The summed E-state index contributed by atoms with van der Waals surface area (Å²) in [5.41, 5.74) is -6.06. The summed E-state index contributed by atoms with van der Waals surface area (Å²) in [6, 6.07) is 0. The zero-order chi connectivity index (χ0) is 108. The van der Waals surface area contributed by atoms with Crippen molar-refractivity contribution in [1.29, 1.82) is 0 Å². The van der Waals surface area contributed by atoms with Crippen molar-refractivity contribution in [3.63, 3.8) is 0 Å². The van der Waals surface area contributed by atoms with Crippen molar-refractivity contribution in [3.05, 3.63) is 0 Å². The molecular weight excluding hydrogens is 1880 g/mol. The first kappa shape index (κ1) is 136. The molecule has 0 aromatic rings. The minimum absolute atomic E-state index is 0.176. The number of hydrogen-bond donors (Lipinski definition) is 1. The average molecular weight is 2010 g/mol. The summed E-state index contributed by atoms with van der Waals surface area (Å²) in [7, 11) is 0. The fraction of sp³-hybridized carbons (Fsp3) is 0.791. The van der Waals surface area contributed by atoms with Crippen molar-refractivity contribution < 1.29 is 233 Å². The van der Waals surface area contributed by atoms with E-state index in [1.807, 2.05) is 41.5 Å². The number of ether oxygens (including phenoxy) is 16. The van der Waals surface area contributed by atoms with Gasteiger partial charge in [-0.2, -0.15) is 65.9 Å². The SMILES string of the molecule is CCC(C)(C)C(=O)O.CCC(C)(C)C(=O)OC1CC(=O)OC1=O.CCC(C)(C)C(=O)OC1CCOC1=O.CCC(C)(C)C(=O)OC1COC(=O)C1.CCC(C)(C)C(=O)OCC(=O)OCC(F)(F)F.CCC(C)(C)C(=O)OCC(=O)OCC(F)(F)F.CCC(C)(C)C(=O)OCC(=O)OCC(F)(F)F.CCC(C)(C)C(=O)OCC(=O)OCC(F)(F)F.CCC(C)(C)C(=O)OCC(=O)OCC(F)(F)F. The molecule has 3 fully saturated rings. The number of carbonyl (C=O) groups excluding carboxylic acids is 17. The number of aliphatic carboxylic acids is 1. The summed E-state index contributed by atoms with van der Waals surface area (Å²) < 4.78 is 246. The lowest BCUT2D eigenvalue weighted by Gasteiger charge is -2.22. The molecule has 1 N–H and O–H groups in total. The Morgan fingerprint density at radius 1 is 0.279 bits per heavy atom. The standard InChI is InChI=1S/5C10H15F3O4.C10H14O5.2C10H16O4.C6H12O2/c5*1-4-9(2,3)8(15)16-5-7(14)17-6-10(11,12)13;1-4-10(2,3)9(13)14-6-5-7(11)15-8(6)12;1-4-10(2,3)9(12)14-7-5-8(11)13-6-7;1-4-10(2,3)9(12)14-7-5-6-13-8(7)11;1-4-6(2,3)5(7)8/h5*4-6H2,1-3H3;6H,4-5H2,1-3H3;2*7H,4-6H2,1-3H3;4H2,1-3H3,(H,7,8). The van der Waals surface area contributed by atoms with Gasteiger partial charge in [0, 0.05) is 6.42 Å². The third-order valence-electron chi connectivity index (χ3n) is 19.9. The molecule has 0 radical (unpaired) electrons. The number of carbonyl (C=O) groups is 18. The molecule has 50 heteroatoms. The van der Waals surface area contributed by atoms with Gasteiger partial charge in [0.15, 0.2) is 66.1 Å². The second-order valence-electron chi connectivity index (χ2n) is 35.4. The summed E-state index contributed by atoms with van der Waals surface area (Å²) in [5.74, 6) is -13.3. The number of hydrogen-bond acceptors (Lipinski definition) is 34. The third kappa shape index (κ3) is 65.4. The quantitative estimate of drug-likeness (QED) is 0.0263. The Balaban J connectivity index is -0.000000351. The van der Waals surface area contributed by atoms with Crippen LogP contribution in [0.1, 0.15) is 264 Å². The number of halogens is 15. The maximum Gasteiger partial charge on any atom is 0.422 e. The molecule has 792 valence electrons. The lowest BCUT2D eigenvalue weighted by Crippen LogP contribution is -2.32. The van der Waals surface area contributed by atoms with Crippen LogP contribution in [0.25, 0.3) is 0 Å².